The zero-order valence-corrected chi connectivity index (χ0v) is 18.9. The molecule has 0 saturated heterocycles. The highest BCUT2D eigenvalue weighted by molar-refractivity contribution is 7.13. The molecule has 3 heterocycles. The average Bonchev–Trinajstić information content (AvgIpc) is 3.50. The number of aromatic nitrogens is 1. The number of anilines is 2. The Labute approximate surface area is 197 Å². The van der Waals surface area contributed by atoms with Crippen LogP contribution in [0.3, 0.4) is 0 Å². The molecule has 0 radical (unpaired) electrons. The van der Waals surface area contributed by atoms with E-state index < -0.39 is 11.8 Å². The van der Waals surface area contributed by atoms with Crippen molar-refractivity contribution in [3.05, 3.63) is 87.6 Å². The van der Waals surface area contributed by atoms with Gasteiger partial charge in [-0.25, -0.2) is 9.88 Å². The van der Waals surface area contributed by atoms with E-state index in [4.69, 9.17) is 16.0 Å². The number of oxazole rings is 1. The lowest BCUT2D eigenvalue weighted by molar-refractivity contribution is -0.115. The molecular formula is C24H16ClN3O4S. The average molecular weight is 478 g/mol. The quantitative estimate of drug-likeness (QED) is 0.391. The van der Waals surface area contributed by atoms with Crippen molar-refractivity contribution >= 4 is 52.0 Å². The van der Waals surface area contributed by atoms with Crippen LogP contribution in [0.2, 0.25) is 5.02 Å². The largest absolute Gasteiger partial charge is 0.440 e. The van der Waals surface area contributed by atoms with Crippen LogP contribution < -0.4 is 10.2 Å². The van der Waals surface area contributed by atoms with Crippen molar-refractivity contribution in [2.75, 3.05) is 10.2 Å². The van der Waals surface area contributed by atoms with Crippen LogP contribution in [0.15, 0.2) is 64.4 Å². The van der Waals surface area contributed by atoms with Crippen molar-refractivity contribution in [3.63, 3.8) is 0 Å². The van der Waals surface area contributed by atoms with Crippen molar-refractivity contribution < 1.29 is 18.8 Å². The maximum atomic E-state index is 12.7. The fourth-order valence-corrected chi connectivity index (χ4v) is 4.54. The number of halogens is 1. The fourth-order valence-electron chi connectivity index (χ4n) is 3.63. The molecule has 4 aromatic rings. The summed E-state index contributed by atoms with van der Waals surface area (Å²) in [5.74, 6) is -0.102. The molecule has 1 aliphatic rings. The number of imide groups is 1. The fraction of sp³-hybridized carbons (Fsp3) is 0.0833. The Hall–Kier alpha value is -3.75. The summed E-state index contributed by atoms with van der Waals surface area (Å²) in [5.41, 5.74) is 1.91. The molecule has 0 aliphatic carbocycles. The molecule has 3 amide bonds. The minimum atomic E-state index is -0.433. The number of hydrogen-bond acceptors (Lipinski definition) is 6. The van der Waals surface area contributed by atoms with Crippen molar-refractivity contribution in [1.29, 1.82) is 0 Å². The van der Waals surface area contributed by atoms with Gasteiger partial charge in [0.25, 0.3) is 11.8 Å². The molecule has 2 aromatic heterocycles. The molecule has 2 aromatic carbocycles. The number of rotatable bonds is 5. The van der Waals surface area contributed by atoms with Crippen LogP contribution in [-0.4, -0.2) is 22.7 Å². The second-order valence-corrected chi connectivity index (χ2v) is 8.74. The monoisotopic (exact) mass is 477 g/mol. The normalized spacial score (nSPS) is 12.8. The van der Waals surface area contributed by atoms with Crippen LogP contribution in [-0.2, 0) is 11.2 Å². The lowest BCUT2D eigenvalue weighted by atomic mass is 10.1. The molecule has 5 rings (SSSR count). The molecule has 1 N–H and O–H groups in total. The molecule has 0 fully saturated rings. The minimum absolute atomic E-state index is 0.0263. The number of nitrogens with zero attached hydrogens (tertiary/aromatic N) is 2. The standard InChI is InChI=1S/C24H16ClN3O4S/c1-13-18(27-22(32-13)20-7-4-10-33-20)12-21(29)26-14-8-9-19(17(25)11-14)28-23(30)15-5-2-3-6-16(15)24(28)31/h2-11H,12H2,1H3,(H,26,29). The lowest BCUT2D eigenvalue weighted by Gasteiger charge is -2.16. The zero-order valence-electron chi connectivity index (χ0n) is 17.3. The molecule has 7 nitrogen and oxygen atoms in total. The van der Waals surface area contributed by atoms with Crippen LogP contribution in [0.5, 0.6) is 0 Å². The van der Waals surface area contributed by atoms with E-state index in [1.165, 1.54) is 23.5 Å². The van der Waals surface area contributed by atoms with Crippen LogP contribution in [0.4, 0.5) is 11.4 Å². The number of fused-ring (bicyclic) bond motifs is 1. The van der Waals surface area contributed by atoms with Gasteiger partial charge in [-0.1, -0.05) is 29.8 Å². The third kappa shape index (κ3) is 3.83. The van der Waals surface area contributed by atoms with Crippen molar-refractivity contribution in [1.82, 2.24) is 4.98 Å². The number of amides is 3. The number of carbonyl (C=O) groups excluding carboxylic acids is 3. The van der Waals surface area contributed by atoms with Gasteiger partial charge in [0.05, 0.1) is 38.8 Å². The molecule has 0 bridgehead atoms. The Morgan fingerprint density at radius 3 is 2.45 bits per heavy atom. The van der Waals surface area contributed by atoms with Gasteiger partial charge in [0, 0.05) is 5.69 Å². The number of thiophene rings is 1. The van der Waals surface area contributed by atoms with Crippen LogP contribution in [0.1, 0.15) is 32.2 Å². The highest BCUT2D eigenvalue weighted by Gasteiger charge is 2.37. The third-order valence-electron chi connectivity index (χ3n) is 5.22. The van der Waals surface area contributed by atoms with Crippen LogP contribution >= 0.6 is 22.9 Å². The smallest absolute Gasteiger partial charge is 0.266 e. The molecule has 0 atom stereocenters. The predicted molar refractivity (Wildman–Crippen MR) is 126 cm³/mol. The Balaban J connectivity index is 1.31. The van der Waals surface area contributed by atoms with E-state index in [0.717, 1.165) is 9.78 Å². The van der Waals surface area contributed by atoms with E-state index in [-0.39, 0.29) is 23.0 Å². The van der Waals surface area contributed by atoms with E-state index in [9.17, 15) is 14.4 Å². The van der Waals surface area contributed by atoms with Gasteiger partial charge < -0.3 is 9.73 Å². The van der Waals surface area contributed by atoms with E-state index in [1.807, 2.05) is 17.5 Å². The maximum absolute atomic E-state index is 12.7. The first-order valence-electron chi connectivity index (χ1n) is 10.00. The Kier molecular flexibility index (Phi) is 5.32. The predicted octanol–water partition coefficient (Wildman–Crippen LogP) is 5.35. The van der Waals surface area contributed by atoms with E-state index in [2.05, 4.69) is 10.3 Å². The third-order valence-corrected chi connectivity index (χ3v) is 6.38. The zero-order chi connectivity index (χ0) is 23.1. The van der Waals surface area contributed by atoms with E-state index >= 15 is 0 Å². The first-order chi connectivity index (χ1) is 15.9. The maximum Gasteiger partial charge on any atom is 0.266 e. The summed E-state index contributed by atoms with van der Waals surface area (Å²) in [6.07, 6.45) is 0.0263. The molecule has 0 spiro atoms. The van der Waals surface area contributed by atoms with Gasteiger partial charge >= 0.3 is 0 Å². The number of carbonyl (C=O) groups is 3. The Bertz CT molecular complexity index is 1380. The van der Waals surface area contributed by atoms with Gasteiger partial charge in [0.15, 0.2) is 0 Å². The first-order valence-corrected chi connectivity index (χ1v) is 11.3. The first kappa shape index (κ1) is 21.1. The molecule has 0 saturated carbocycles. The van der Waals surface area contributed by atoms with Crippen molar-refractivity contribution in [2.24, 2.45) is 0 Å². The van der Waals surface area contributed by atoms with Gasteiger partial charge in [-0.15, -0.1) is 11.3 Å². The van der Waals surface area contributed by atoms with E-state index in [1.54, 1.807) is 37.3 Å². The number of benzene rings is 2. The summed E-state index contributed by atoms with van der Waals surface area (Å²) in [4.78, 5) is 44.4. The van der Waals surface area contributed by atoms with Crippen LogP contribution in [0, 0.1) is 6.92 Å². The number of nitrogens with one attached hydrogen (secondary N) is 1. The molecule has 0 unspecified atom stereocenters. The van der Waals surface area contributed by atoms with Gasteiger partial charge in [-0.2, -0.15) is 0 Å². The topological polar surface area (TPSA) is 92.5 Å². The second-order valence-electron chi connectivity index (χ2n) is 7.38. The molecule has 33 heavy (non-hydrogen) atoms. The van der Waals surface area contributed by atoms with Crippen molar-refractivity contribution in [3.8, 4) is 10.8 Å². The van der Waals surface area contributed by atoms with Gasteiger partial charge in [-0.05, 0) is 48.7 Å². The molecule has 1 aliphatic heterocycles. The number of aryl methyl sites for hydroxylation is 1. The summed E-state index contributed by atoms with van der Waals surface area (Å²) in [6.45, 7) is 1.76. The Morgan fingerprint density at radius 1 is 1.09 bits per heavy atom. The summed E-state index contributed by atoms with van der Waals surface area (Å²) in [6, 6.07) is 15.1. The highest BCUT2D eigenvalue weighted by atomic mass is 35.5. The SMILES string of the molecule is Cc1oc(-c2cccs2)nc1CC(=O)Nc1ccc(N2C(=O)c3ccccc3C2=O)c(Cl)c1. The van der Waals surface area contributed by atoms with Gasteiger partial charge in [-0.3, -0.25) is 14.4 Å². The lowest BCUT2D eigenvalue weighted by Crippen LogP contribution is -2.29. The van der Waals surface area contributed by atoms with Crippen molar-refractivity contribution in [2.45, 2.75) is 13.3 Å². The van der Waals surface area contributed by atoms with Gasteiger partial charge in [0.1, 0.15) is 5.76 Å². The highest BCUT2D eigenvalue weighted by Crippen LogP contribution is 2.35. The summed E-state index contributed by atoms with van der Waals surface area (Å²) in [5, 5.41) is 4.86. The molecule has 9 heteroatoms. The minimum Gasteiger partial charge on any atom is -0.440 e. The molecular weight excluding hydrogens is 462 g/mol. The molecule has 164 valence electrons. The summed E-state index contributed by atoms with van der Waals surface area (Å²) >= 11 is 7.89. The summed E-state index contributed by atoms with van der Waals surface area (Å²) in [7, 11) is 0. The second kappa shape index (κ2) is 8.31. The van der Waals surface area contributed by atoms with Crippen LogP contribution in [0.25, 0.3) is 10.8 Å². The van der Waals surface area contributed by atoms with Gasteiger partial charge in [0.2, 0.25) is 11.8 Å². The summed E-state index contributed by atoms with van der Waals surface area (Å²) < 4.78 is 5.68. The Morgan fingerprint density at radius 2 is 1.82 bits per heavy atom. The van der Waals surface area contributed by atoms with E-state index in [0.29, 0.717) is 34.2 Å². The number of hydrogen-bond donors (Lipinski definition) is 1.